The molecule has 1 aliphatic carbocycles. The zero-order valence-corrected chi connectivity index (χ0v) is 13.8. The summed E-state index contributed by atoms with van der Waals surface area (Å²) in [5, 5.41) is 12.8. The molecule has 1 aromatic rings. The molecular weight excluding hydrogens is 280 g/mol. The van der Waals surface area contributed by atoms with E-state index >= 15 is 0 Å². The lowest BCUT2D eigenvalue weighted by atomic mass is 10.1. The van der Waals surface area contributed by atoms with Crippen molar-refractivity contribution in [3.8, 4) is 0 Å². The Morgan fingerprint density at radius 2 is 2.09 bits per heavy atom. The van der Waals surface area contributed by atoms with Gasteiger partial charge >= 0.3 is 6.03 Å². The highest BCUT2D eigenvalue weighted by atomic mass is 16.3. The van der Waals surface area contributed by atoms with Crippen molar-refractivity contribution in [2.45, 2.75) is 32.3 Å². The fourth-order valence-electron chi connectivity index (χ4n) is 2.86. The van der Waals surface area contributed by atoms with Gasteiger partial charge in [0.2, 0.25) is 0 Å². The van der Waals surface area contributed by atoms with Gasteiger partial charge < -0.3 is 20.2 Å². The van der Waals surface area contributed by atoms with Gasteiger partial charge in [-0.15, -0.1) is 0 Å². The van der Waals surface area contributed by atoms with Crippen molar-refractivity contribution in [1.29, 1.82) is 0 Å². The third-order valence-electron chi connectivity index (χ3n) is 4.15. The number of hydrogen-bond acceptors (Lipinski definition) is 4. The fourth-order valence-corrected chi connectivity index (χ4v) is 2.86. The maximum absolute atomic E-state index is 12.4. The summed E-state index contributed by atoms with van der Waals surface area (Å²) in [6, 6.07) is 3.57. The molecule has 0 radical (unpaired) electrons. The third-order valence-corrected chi connectivity index (χ3v) is 4.15. The van der Waals surface area contributed by atoms with Gasteiger partial charge in [-0.2, -0.15) is 0 Å². The van der Waals surface area contributed by atoms with Crippen molar-refractivity contribution in [1.82, 2.24) is 9.88 Å². The van der Waals surface area contributed by atoms with E-state index in [0.29, 0.717) is 12.2 Å². The van der Waals surface area contributed by atoms with Gasteiger partial charge in [0.05, 0.1) is 11.8 Å². The van der Waals surface area contributed by atoms with Crippen LogP contribution in [0.25, 0.3) is 0 Å². The minimum atomic E-state index is -0.284. The summed E-state index contributed by atoms with van der Waals surface area (Å²) in [6.45, 7) is 2.50. The lowest BCUT2D eigenvalue weighted by Crippen LogP contribution is -2.37. The standard InChI is InChI=1S/C16H26N4O2/c1-11-8-9-13(15(17-11)19(2)3)18-16(22)20(4)10-12-6-5-7-14(12)21/h8-9,12,14,21H,5-7,10H2,1-4H3,(H,18,22)/t12-,14+/m0/s1. The van der Waals surface area contributed by atoms with Gasteiger partial charge in [-0.1, -0.05) is 6.42 Å². The number of anilines is 2. The Kier molecular flexibility index (Phi) is 5.24. The van der Waals surface area contributed by atoms with E-state index in [1.54, 1.807) is 11.9 Å². The molecule has 0 saturated heterocycles. The molecule has 122 valence electrons. The number of carbonyl (C=O) groups is 1. The molecule has 0 unspecified atom stereocenters. The van der Waals surface area contributed by atoms with Gasteiger partial charge in [-0.25, -0.2) is 9.78 Å². The number of urea groups is 1. The quantitative estimate of drug-likeness (QED) is 0.893. The molecule has 2 amide bonds. The van der Waals surface area contributed by atoms with E-state index in [0.717, 1.165) is 30.8 Å². The van der Waals surface area contributed by atoms with Gasteiger partial charge in [0.1, 0.15) is 0 Å². The normalized spacial score (nSPS) is 20.8. The first-order valence-corrected chi connectivity index (χ1v) is 7.73. The van der Waals surface area contributed by atoms with E-state index in [4.69, 9.17) is 0 Å². The van der Waals surface area contributed by atoms with Crippen LogP contribution in [0.1, 0.15) is 25.0 Å². The summed E-state index contributed by atoms with van der Waals surface area (Å²) in [6.07, 6.45) is 2.57. The molecule has 1 aliphatic rings. The van der Waals surface area contributed by atoms with Crippen LogP contribution >= 0.6 is 0 Å². The van der Waals surface area contributed by atoms with E-state index < -0.39 is 0 Å². The van der Waals surface area contributed by atoms with E-state index in [-0.39, 0.29) is 18.1 Å². The number of aryl methyl sites for hydroxylation is 1. The Morgan fingerprint density at radius 3 is 2.68 bits per heavy atom. The number of rotatable bonds is 4. The molecule has 2 N–H and O–H groups in total. The molecule has 2 rings (SSSR count). The Labute approximate surface area is 132 Å². The number of pyridine rings is 1. The Hall–Kier alpha value is -1.82. The third kappa shape index (κ3) is 3.88. The monoisotopic (exact) mass is 306 g/mol. The first kappa shape index (κ1) is 16.5. The number of aromatic nitrogens is 1. The maximum Gasteiger partial charge on any atom is 0.321 e. The largest absolute Gasteiger partial charge is 0.393 e. The van der Waals surface area contributed by atoms with Gasteiger partial charge in [0.15, 0.2) is 5.82 Å². The number of hydrogen-bond donors (Lipinski definition) is 2. The van der Waals surface area contributed by atoms with Crippen molar-refractivity contribution in [3.05, 3.63) is 17.8 Å². The SMILES string of the molecule is Cc1ccc(NC(=O)N(C)C[C@@H]2CCC[C@H]2O)c(N(C)C)n1. The number of aliphatic hydroxyl groups is 1. The van der Waals surface area contributed by atoms with E-state index in [1.165, 1.54) is 0 Å². The average Bonchev–Trinajstić information content (AvgIpc) is 2.85. The molecule has 0 spiro atoms. The Bertz CT molecular complexity index is 533. The van der Waals surface area contributed by atoms with Gasteiger partial charge in [0.25, 0.3) is 0 Å². The summed E-state index contributed by atoms with van der Waals surface area (Å²) >= 11 is 0. The summed E-state index contributed by atoms with van der Waals surface area (Å²) in [5.41, 5.74) is 1.60. The van der Waals surface area contributed by atoms with Crippen LogP contribution in [0.4, 0.5) is 16.3 Å². The number of amides is 2. The molecule has 22 heavy (non-hydrogen) atoms. The Balaban J connectivity index is 2.02. The number of carbonyl (C=O) groups excluding carboxylic acids is 1. The zero-order valence-electron chi connectivity index (χ0n) is 13.8. The second-order valence-corrected chi connectivity index (χ2v) is 6.29. The van der Waals surface area contributed by atoms with E-state index in [9.17, 15) is 9.90 Å². The molecule has 0 aliphatic heterocycles. The Morgan fingerprint density at radius 1 is 1.36 bits per heavy atom. The molecule has 1 fully saturated rings. The minimum Gasteiger partial charge on any atom is -0.393 e. The number of nitrogens with zero attached hydrogens (tertiary/aromatic N) is 3. The number of nitrogens with one attached hydrogen (secondary N) is 1. The van der Waals surface area contributed by atoms with Crippen molar-refractivity contribution in [2.75, 3.05) is 37.9 Å². The molecule has 1 aromatic heterocycles. The van der Waals surface area contributed by atoms with Crippen LogP contribution in [0.15, 0.2) is 12.1 Å². The molecule has 1 heterocycles. The van der Waals surface area contributed by atoms with Gasteiger partial charge in [-0.3, -0.25) is 0 Å². The summed E-state index contributed by atoms with van der Waals surface area (Å²) in [7, 11) is 5.56. The molecule has 2 atom stereocenters. The van der Waals surface area contributed by atoms with Crippen LogP contribution in [0.5, 0.6) is 0 Å². The molecular formula is C16H26N4O2. The van der Waals surface area contributed by atoms with Crippen LogP contribution in [-0.2, 0) is 0 Å². The second-order valence-electron chi connectivity index (χ2n) is 6.29. The van der Waals surface area contributed by atoms with Crippen molar-refractivity contribution >= 4 is 17.5 Å². The van der Waals surface area contributed by atoms with Crippen LogP contribution in [0.3, 0.4) is 0 Å². The molecule has 6 nitrogen and oxygen atoms in total. The van der Waals surface area contributed by atoms with Gasteiger partial charge in [0, 0.05) is 39.3 Å². The first-order valence-electron chi connectivity index (χ1n) is 7.73. The molecule has 0 aromatic carbocycles. The molecule has 1 saturated carbocycles. The smallest absolute Gasteiger partial charge is 0.321 e. The van der Waals surface area contributed by atoms with Crippen molar-refractivity contribution in [2.24, 2.45) is 5.92 Å². The van der Waals surface area contributed by atoms with E-state index in [2.05, 4.69) is 10.3 Å². The predicted octanol–water partition coefficient (Wildman–Crippen LogP) is 2.08. The summed E-state index contributed by atoms with van der Waals surface area (Å²) in [4.78, 5) is 20.3. The highest BCUT2D eigenvalue weighted by Gasteiger charge is 2.27. The van der Waals surface area contributed by atoms with E-state index in [1.807, 2.05) is 38.1 Å². The topological polar surface area (TPSA) is 68.7 Å². The average molecular weight is 306 g/mol. The molecule has 6 heteroatoms. The maximum atomic E-state index is 12.4. The minimum absolute atomic E-state index is 0.173. The highest BCUT2D eigenvalue weighted by molar-refractivity contribution is 5.92. The van der Waals surface area contributed by atoms with Crippen LogP contribution in [-0.4, -0.2) is 54.8 Å². The lowest BCUT2D eigenvalue weighted by Gasteiger charge is -2.24. The van der Waals surface area contributed by atoms with Crippen LogP contribution in [0.2, 0.25) is 0 Å². The predicted molar refractivity (Wildman–Crippen MR) is 88.3 cm³/mol. The molecule has 0 bridgehead atoms. The fraction of sp³-hybridized carbons (Fsp3) is 0.625. The van der Waals surface area contributed by atoms with Crippen LogP contribution in [0, 0.1) is 12.8 Å². The van der Waals surface area contributed by atoms with Crippen LogP contribution < -0.4 is 10.2 Å². The summed E-state index contributed by atoms with van der Waals surface area (Å²) < 4.78 is 0. The van der Waals surface area contributed by atoms with Crippen molar-refractivity contribution in [3.63, 3.8) is 0 Å². The van der Waals surface area contributed by atoms with Gasteiger partial charge in [-0.05, 0) is 31.9 Å². The van der Waals surface area contributed by atoms with Crippen molar-refractivity contribution < 1.29 is 9.90 Å². The lowest BCUT2D eigenvalue weighted by molar-refractivity contribution is 0.116. The second kappa shape index (κ2) is 6.96. The number of aliphatic hydroxyl groups excluding tert-OH is 1. The zero-order chi connectivity index (χ0) is 16.3. The highest BCUT2D eigenvalue weighted by Crippen LogP contribution is 2.27. The summed E-state index contributed by atoms with van der Waals surface area (Å²) in [5.74, 6) is 0.919. The first-order chi connectivity index (χ1) is 10.4.